The van der Waals surface area contributed by atoms with E-state index in [2.05, 4.69) is 32.9 Å². The second-order valence-corrected chi connectivity index (χ2v) is 6.27. The van der Waals surface area contributed by atoms with Gasteiger partial charge in [-0.2, -0.15) is 0 Å². The zero-order valence-corrected chi connectivity index (χ0v) is 12.5. The van der Waals surface area contributed by atoms with Crippen LogP contribution in [-0.4, -0.2) is 60.4 Å². The highest BCUT2D eigenvalue weighted by molar-refractivity contribution is 5.17. The van der Waals surface area contributed by atoms with Crippen LogP contribution in [0.4, 0.5) is 0 Å². The molecule has 1 aromatic heterocycles. The van der Waals surface area contributed by atoms with Crippen LogP contribution in [0.5, 0.6) is 0 Å². The lowest BCUT2D eigenvalue weighted by Crippen LogP contribution is -2.37. The molecule has 2 aliphatic heterocycles. The van der Waals surface area contributed by atoms with Crippen LogP contribution < -0.4 is 5.32 Å². The van der Waals surface area contributed by atoms with Gasteiger partial charge < -0.3 is 14.6 Å². The fourth-order valence-corrected chi connectivity index (χ4v) is 3.33. The molecule has 2 fully saturated rings. The zero-order chi connectivity index (χ0) is 13.8. The number of hydrogen-bond donors (Lipinski definition) is 1. The maximum Gasteiger partial charge on any atom is 0.0948 e. The molecular formula is C15H26N4O. The monoisotopic (exact) mass is 278 g/mol. The summed E-state index contributed by atoms with van der Waals surface area (Å²) in [5.74, 6) is 0. The van der Waals surface area contributed by atoms with E-state index in [0.29, 0.717) is 0 Å². The molecule has 1 aromatic rings. The normalized spacial score (nSPS) is 28.1. The van der Waals surface area contributed by atoms with Crippen molar-refractivity contribution in [3.05, 3.63) is 18.2 Å². The Hall–Kier alpha value is -0.910. The SMILES string of the molecule is CC1(c2cncn2CCCN2CCOCC2)CCNC1. The van der Waals surface area contributed by atoms with Crippen LogP contribution in [-0.2, 0) is 16.7 Å². The number of hydrogen-bond acceptors (Lipinski definition) is 4. The van der Waals surface area contributed by atoms with E-state index in [1.165, 1.54) is 18.5 Å². The van der Waals surface area contributed by atoms with Crippen LogP contribution in [0.2, 0.25) is 0 Å². The van der Waals surface area contributed by atoms with Gasteiger partial charge in [0.15, 0.2) is 0 Å². The van der Waals surface area contributed by atoms with Crippen molar-refractivity contribution in [3.63, 3.8) is 0 Å². The first-order chi connectivity index (χ1) is 9.78. The highest BCUT2D eigenvalue weighted by Crippen LogP contribution is 2.29. The van der Waals surface area contributed by atoms with Gasteiger partial charge in [-0.05, 0) is 19.4 Å². The molecule has 2 saturated heterocycles. The molecule has 1 unspecified atom stereocenters. The maximum atomic E-state index is 5.39. The number of aromatic nitrogens is 2. The summed E-state index contributed by atoms with van der Waals surface area (Å²) >= 11 is 0. The molecule has 3 rings (SSSR count). The van der Waals surface area contributed by atoms with Crippen LogP contribution in [0.3, 0.4) is 0 Å². The molecule has 5 heteroatoms. The van der Waals surface area contributed by atoms with Gasteiger partial charge in [-0.15, -0.1) is 0 Å². The Morgan fingerprint density at radius 2 is 2.20 bits per heavy atom. The third kappa shape index (κ3) is 3.05. The first-order valence-electron chi connectivity index (χ1n) is 7.79. The Morgan fingerprint density at radius 1 is 1.35 bits per heavy atom. The van der Waals surface area contributed by atoms with Crippen molar-refractivity contribution in [2.75, 3.05) is 45.9 Å². The van der Waals surface area contributed by atoms with Crippen molar-refractivity contribution in [1.29, 1.82) is 0 Å². The largest absolute Gasteiger partial charge is 0.379 e. The third-order valence-corrected chi connectivity index (χ3v) is 4.68. The fourth-order valence-electron chi connectivity index (χ4n) is 3.33. The lowest BCUT2D eigenvalue weighted by atomic mass is 9.86. The summed E-state index contributed by atoms with van der Waals surface area (Å²) in [7, 11) is 0. The Kier molecular flexibility index (Phi) is 4.38. The summed E-state index contributed by atoms with van der Waals surface area (Å²) in [6, 6.07) is 0. The van der Waals surface area contributed by atoms with Crippen LogP contribution in [0, 0.1) is 0 Å². The van der Waals surface area contributed by atoms with Gasteiger partial charge in [-0.3, -0.25) is 4.90 Å². The average Bonchev–Trinajstić information content (AvgIpc) is 3.10. The molecule has 0 amide bonds. The lowest BCUT2D eigenvalue weighted by molar-refractivity contribution is 0.0369. The van der Waals surface area contributed by atoms with Crippen LogP contribution >= 0.6 is 0 Å². The molecule has 1 atom stereocenters. The fraction of sp³-hybridized carbons (Fsp3) is 0.800. The van der Waals surface area contributed by atoms with E-state index >= 15 is 0 Å². The van der Waals surface area contributed by atoms with Crippen LogP contribution in [0.1, 0.15) is 25.5 Å². The number of rotatable bonds is 5. The number of imidazole rings is 1. The summed E-state index contributed by atoms with van der Waals surface area (Å²) in [5.41, 5.74) is 1.65. The molecule has 2 aliphatic rings. The second kappa shape index (κ2) is 6.24. The van der Waals surface area contributed by atoms with E-state index in [-0.39, 0.29) is 5.41 Å². The van der Waals surface area contributed by atoms with Gasteiger partial charge in [0.05, 0.1) is 19.5 Å². The van der Waals surface area contributed by atoms with Crippen molar-refractivity contribution < 1.29 is 4.74 Å². The molecular weight excluding hydrogens is 252 g/mol. The Bertz CT molecular complexity index is 419. The van der Waals surface area contributed by atoms with E-state index < -0.39 is 0 Å². The number of nitrogens with one attached hydrogen (secondary N) is 1. The Balaban J connectivity index is 1.54. The standard InChI is InChI=1S/C15H26N4O/c1-15(3-4-16-12-15)14-11-17-13-19(14)6-2-5-18-7-9-20-10-8-18/h11,13,16H,2-10,12H2,1H3. The van der Waals surface area contributed by atoms with Crippen molar-refractivity contribution in [3.8, 4) is 0 Å². The van der Waals surface area contributed by atoms with E-state index in [1.807, 2.05) is 6.33 Å². The van der Waals surface area contributed by atoms with E-state index in [0.717, 1.165) is 52.5 Å². The summed E-state index contributed by atoms with van der Waals surface area (Å²) in [6.45, 7) is 10.7. The molecule has 3 heterocycles. The molecule has 0 aliphatic carbocycles. The van der Waals surface area contributed by atoms with Gasteiger partial charge in [-0.25, -0.2) is 4.98 Å². The minimum absolute atomic E-state index is 0.259. The predicted molar refractivity (Wildman–Crippen MR) is 78.9 cm³/mol. The van der Waals surface area contributed by atoms with Gasteiger partial charge in [-0.1, -0.05) is 6.92 Å². The van der Waals surface area contributed by atoms with Gasteiger partial charge in [0.2, 0.25) is 0 Å². The minimum Gasteiger partial charge on any atom is -0.379 e. The lowest BCUT2D eigenvalue weighted by Gasteiger charge is -2.27. The van der Waals surface area contributed by atoms with E-state index in [9.17, 15) is 0 Å². The van der Waals surface area contributed by atoms with Crippen molar-refractivity contribution in [2.45, 2.75) is 31.7 Å². The van der Waals surface area contributed by atoms with Gasteiger partial charge in [0.25, 0.3) is 0 Å². The molecule has 112 valence electrons. The molecule has 0 radical (unpaired) electrons. The Morgan fingerprint density at radius 3 is 2.95 bits per heavy atom. The quantitative estimate of drug-likeness (QED) is 0.867. The summed E-state index contributed by atoms with van der Waals surface area (Å²) < 4.78 is 7.74. The van der Waals surface area contributed by atoms with Crippen LogP contribution in [0.15, 0.2) is 12.5 Å². The summed E-state index contributed by atoms with van der Waals surface area (Å²) in [6.07, 6.45) is 6.45. The van der Waals surface area contributed by atoms with Gasteiger partial charge in [0, 0.05) is 50.0 Å². The number of morpholine rings is 1. The number of ether oxygens (including phenoxy) is 1. The summed E-state index contributed by atoms with van der Waals surface area (Å²) in [4.78, 5) is 6.88. The predicted octanol–water partition coefficient (Wildman–Crippen LogP) is 0.856. The molecule has 0 spiro atoms. The van der Waals surface area contributed by atoms with Crippen molar-refractivity contribution in [1.82, 2.24) is 19.8 Å². The van der Waals surface area contributed by atoms with Crippen LogP contribution in [0.25, 0.3) is 0 Å². The van der Waals surface area contributed by atoms with Gasteiger partial charge in [0.1, 0.15) is 0 Å². The summed E-state index contributed by atoms with van der Waals surface area (Å²) in [5, 5.41) is 3.47. The first kappa shape index (κ1) is 14.0. The topological polar surface area (TPSA) is 42.3 Å². The highest BCUT2D eigenvalue weighted by Gasteiger charge is 2.33. The van der Waals surface area contributed by atoms with E-state index in [4.69, 9.17) is 4.74 Å². The number of nitrogens with zero attached hydrogens (tertiary/aromatic N) is 3. The molecule has 0 aromatic carbocycles. The molecule has 1 N–H and O–H groups in total. The molecule has 5 nitrogen and oxygen atoms in total. The number of aryl methyl sites for hydroxylation is 1. The maximum absolute atomic E-state index is 5.39. The van der Waals surface area contributed by atoms with Crippen molar-refractivity contribution >= 4 is 0 Å². The third-order valence-electron chi connectivity index (χ3n) is 4.68. The highest BCUT2D eigenvalue weighted by atomic mass is 16.5. The minimum atomic E-state index is 0.259. The van der Waals surface area contributed by atoms with E-state index in [1.54, 1.807) is 0 Å². The molecule has 0 bridgehead atoms. The second-order valence-electron chi connectivity index (χ2n) is 6.27. The molecule has 0 saturated carbocycles. The van der Waals surface area contributed by atoms with Crippen molar-refractivity contribution in [2.24, 2.45) is 0 Å². The average molecular weight is 278 g/mol. The zero-order valence-electron chi connectivity index (χ0n) is 12.5. The van der Waals surface area contributed by atoms with Gasteiger partial charge >= 0.3 is 0 Å². The first-order valence-corrected chi connectivity index (χ1v) is 7.79. The molecule has 20 heavy (non-hydrogen) atoms. The Labute approximate surface area is 121 Å². The smallest absolute Gasteiger partial charge is 0.0948 e.